The third kappa shape index (κ3) is 2.82. The number of halogens is 1. The summed E-state index contributed by atoms with van der Waals surface area (Å²) in [4.78, 5) is 8.79. The molecule has 2 heterocycles. The molecule has 1 aliphatic heterocycles. The lowest BCUT2D eigenvalue weighted by atomic mass is 10.2. The number of nitrogen functional groups attached to an aromatic ring is 1. The molecular weight excluding hydrogens is 236 g/mol. The van der Waals surface area contributed by atoms with Crippen molar-refractivity contribution in [1.82, 2.24) is 9.88 Å². The van der Waals surface area contributed by atoms with E-state index in [1.165, 1.54) is 19.4 Å². The average Bonchev–Trinajstić information content (AvgIpc) is 2.64. The predicted octanol–water partition coefficient (Wildman–Crippen LogP) is 1.85. The number of nitrogens with zero attached hydrogens (tertiary/aromatic N) is 3. The van der Waals surface area contributed by atoms with E-state index in [9.17, 15) is 0 Å². The van der Waals surface area contributed by atoms with Gasteiger partial charge in [0.1, 0.15) is 5.82 Å². The van der Waals surface area contributed by atoms with Crippen LogP contribution < -0.4 is 10.6 Å². The summed E-state index contributed by atoms with van der Waals surface area (Å²) in [6, 6.07) is 2.34. The van der Waals surface area contributed by atoms with Crippen molar-refractivity contribution in [3.63, 3.8) is 0 Å². The summed E-state index contributed by atoms with van der Waals surface area (Å²) in [7, 11) is 4.19. The lowest BCUT2D eigenvalue weighted by molar-refractivity contribution is 0.314. The van der Waals surface area contributed by atoms with Gasteiger partial charge in [0.2, 0.25) is 0 Å². The van der Waals surface area contributed by atoms with Crippen LogP contribution in [0.3, 0.4) is 0 Å². The van der Waals surface area contributed by atoms with Crippen molar-refractivity contribution in [1.29, 1.82) is 0 Å². The van der Waals surface area contributed by atoms with Crippen molar-refractivity contribution in [2.45, 2.75) is 18.9 Å². The molecule has 1 saturated heterocycles. The molecule has 0 aromatic carbocycles. The molecule has 4 nitrogen and oxygen atoms in total. The van der Waals surface area contributed by atoms with Crippen LogP contribution in [0.2, 0.25) is 5.02 Å². The number of likely N-dealkylation sites (N-methyl/N-ethyl adjacent to an activating group) is 2. The van der Waals surface area contributed by atoms with Gasteiger partial charge in [0.25, 0.3) is 0 Å². The maximum absolute atomic E-state index is 6.15. The third-order valence-electron chi connectivity index (χ3n) is 3.36. The molecule has 5 heteroatoms. The standard InChI is InChI=1S/C12H19ClN4/c1-16-5-3-4-10(16)8-17(2)12-11(13)6-9(14)7-15-12/h6-7,10H,3-5,8,14H2,1-2H3. The summed E-state index contributed by atoms with van der Waals surface area (Å²) >= 11 is 6.15. The second-order valence-electron chi connectivity index (χ2n) is 4.73. The van der Waals surface area contributed by atoms with Gasteiger partial charge in [-0.1, -0.05) is 11.6 Å². The number of likely N-dealkylation sites (tertiary alicyclic amines) is 1. The normalized spacial score (nSPS) is 20.8. The largest absolute Gasteiger partial charge is 0.397 e. The molecule has 94 valence electrons. The van der Waals surface area contributed by atoms with Gasteiger partial charge in [0, 0.05) is 19.6 Å². The third-order valence-corrected chi connectivity index (χ3v) is 3.64. The zero-order valence-electron chi connectivity index (χ0n) is 10.4. The lowest BCUT2D eigenvalue weighted by Gasteiger charge is -2.27. The molecule has 0 aliphatic carbocycles. The highest BCUT2D eigenvalue weighted by atomic mass is 35.5. The number of hydrogen-bond donors (Lipinski definition) is 1. The fourth-order valence-electron chi connectivity index (χ4n) is 2.34. The first-order valence-corrected chi connectivity index (χ1v) is 6.28. The summed E-state index contributed by atoms with van der Waals surface area (Å²) < 4.78 is 0. The van der Waals surface area contributed by atoms with Gasteiger partial charge in [-0.25, -0.2) is 4.98 Å². The van der Waals surface area contributed by atoms with E-state index in [2.05, 4.69) is 21.8 Å². The van der Waals surface area contributed by atoms with E-state index in [0.29, 0.717) is 16.8 Å². The van der Waals surface area contributed by atoms with Crippen molar-refractivity contribution in [2.24, 2.45) is 0 Å². The molecule has 0 spiro atoms. The number of rotatable bonds is 3. The molecule has 2 rings (SSSR count). The van der Waals surface area contributed by atoms with Gasteiger partial charge in [-0.2, -0.15) is 0 Å². The molecule has 1 fully saturated rings. The SMILES string of the molecule is CN(CC1CCCN1C)c1ncc(N)cc1Cl. The van der Waals surface area contributed by atoms with Crippen molar-refractivity contribution in [3.8, 4) is 0 Å². The second-order valence-corrected chi connectivity index (χ2v) is 5.14. The molecule has 1 aliphatic rings. The van der Waals surface area contributed by atoms with Crippen LogP contribution in [0.25, 0.3) is 0 Å². The van der Waals surface area contributed by atoms with E-state index >= 15 is 0 Å². The molecular formula is C12H19ClN4. The van der Waals surface area contributed by atoms with Crippen LogP contribution in [0.5, 0.6) is 0 Å². The molecule has 2 N–H and O–H groups in total. The number of aromatic nitrogens is 1. The highest BCUT2D eigenvalue weighted by Gasteiger charge is 2.23. The van der Waals surface area contributed by atoms with Gasteiger partial charge >= 0.3 is 0 Å². The zero-order chi connectivity index (χ0) is 12.4. The van der Waals surface area contributed by atoms with Crippen molar-refractivity contribution < 1.29 is 0 Å². The predicted molar refractivity (Wildman–Crippen MR) is 72.6 cm³/mol. The Hall–Kier alpha value is -1.00. The first kappa shape index (κ1) is 12.5. The van der Waals surface area contributed by atoms with Gasteiger partial charge in [-0.05, 0) is 32.5 Å². The summed E-state index contributed by atoms with van der Waals surface area (Å²) in [5.41, 5.74) is 6.24. The Morgan fingerprint density at radius 1 is 1.65 bits per heavy atom. The topological polar surface area (TPSA) is 45.4 Å². The molecule has 1 aromatic rings. The zero-order valence-corrected chi connectivity index (χ0v) is 11.1. The first-order valence-electron chi connectivity index (χ1n) is 5.90. The summed E-state index contributed by atoms with van der Waals surface area (Å²) in [5, 5.41) is 0.619. The molecule has 0 bridgehead atoms. The summed E-state index contributed by atoms with van der Waals surface area (Å²) in [6.45, 7) is 2.13. The minimum Gasteiger partial charge on any atom is -0.397 e. The Balaban J connectivity index is 2.06. The van der Waals surface area contributed by atoms with Crippen molar-refractivity contribution >= 4 is 23.1 Å². The smallest absolute Gasteiger partial charge is 0.147 e. The van der Waals surface area contributed by atoms with E-state index in [1.807, 2.05) is 7.05 Å². The Morgan fingerprint density at radius 3 is 3.00 bits per heavy atom. The van der Waals surface area contributed by atoms with Gasteiger partial charge < -0.3 is 15.5 Å². The quantitative estimate of drug-likeness (QED) is 0.894. The molecule has 0 saturated carbocycles. The molecule has 1 aromatic heterocycles. The van der Waals surface area contributed by atoms with Crippen molar-refractivity contribution in [3.05, 3.63) is 17.3 Å². The Labute approximate surface area is 107 Å². The number of hydrogen-bond acceptors (Lipinski definition) is 4. The maximum Gasteiger partial charge on any atom is 0.147 e. The van der Waals surface area contributed by atoms with Gasteiger partial charge in [0.15, 0.2) is 0 Å². The minimum atomic E-state index is 0.593. The fraction of sp³-hybridized carbons (Fsp3) is 0.583. The van der Waals surface area contributed by atoms with Crippen LogP contribution in [0.15, 0.2) is 12.3 Å². The monoisotopic (exact) mass is 254 g/mol. The van der Waals surface area contributed by atoms with E-state index < -0.39 is 0 Å². The Kier molecular flexibility index (Phi) is 3.74. The van der Waals surface area contributed by atoms with Gasteiger partial charge in [-0.15, -0.1) is 0 Å². The van der Waals surface area contributed by atoms with Gasteiger partial charge in [0.05, 0.1) is 16.9 Å². The average molecular weight is 255 g/mol. The number of pyridine rings is 1. The van der Waals surface area contributed by atoms with E-state index in [-0.39, 0.29) is 0 Å². The maximum atomic E-state index is 6.15. The summed E-state index contributed by atoms with van der Waals surface area (Å²) in [6.07, 6.45) is 4.17. The van der Waals surface area contributed by atoms with Crippen LogP contribution in [-0.4, -0.2) is 43.1 Å². The van der Waals surface area contributed by atoms with Crippen LogP contribution in [0.4, 0.5) is 11.5 Å². The van der Waals surface area contributed by atoms with Crippen LogP contribution in [0.1, 0.15) is 12.8 Å². The van der Waals surface area contributed by atoms with Gasteiger partial charge in [-0.3, -0.25) is 0 Å². The summed E-state index contributed by atoms with van der Waals surface area (Å²) in [5.74, 6) is 0.807. The minimum absolute atomic E-state index is 0.593. The Bertz CT molecular complexity index is 396. The van der Waals surface area contributed by atoms with E-state index in [1.54, 1.807) is 12.3 Å². The molecule has 0 radical (unpaired) electrons. The molecule has 1 atom stereocenters. The lowest BCUT2D eigenvalue weighted by Crippen LogP contribution is -2.37. The van der Waals surface area contributed by atoms with Crippen molar-refractivity contribution in [2.75, 3.05) is 37.8 Å². The molecule has 0 amide bonds. The molecule has 17 heavy (non-hydrogen) atoms. The highest BCUT2D eigenvalue weighted by Crippen LogP contribution is 2.25. The highest BCUT2D eigenvalue weighted by molar-refractivity contribution is 6.33. The molecule has 1 unspecified atom stereocenters. The van der Waals surface area contributed by atoms with Crippen LogP contribution in [0, 0.1) is 0 Å². The second kappa shape index (κ2) is 5.10. The van der Waals surface area contributed by atoms with E-state index in [4.69, 9.17) is 17.3 Å². The fourth-order valence-corrected chi connectivity index (χ4v) is 2.66. The van der Waals surface area contributed by atoms with Crippen LogP contribution in [-0.2, 0) is 0 Å². The van der Waals surface area contributed by atoms with Crippen LogP contribution >= 0.6 is 11.6 Å². The Morgan fingerprint density at radius 2 is 2.41 bits per heavy atom. The number of nitrogens with two attached hydrogens (primary N) is 1. The van der Waals surface area contributed by atoms with E-state index in [0.717, 1.165) is 12.4 Å². The first-order chi connectivity index (χ1) is 8.08. The number of anilines is 2.